The van der Waals surface area contributed by atoms with Gasteiger partial charge in [-0.25, -0.2) is 15.8 Å². The topological polar surface area (TPSA) is 78.8 Å². The Balaban J connectivity index is 2.88. The highest BCUT2D eigenvalue weighted by molar-refractivity contribution is 5.31. The van der Waals surface area contributed by atoms with Gasteiger partial charge in [0.1, 0.15) is 0 Å². The molecule has 0 saturated heterocycles. The Bertz CT molecular complexity index is 238. The molecule has 0 aliphatic rings. The fourth-order valence-electron chi connectivity index (χ4n) is 0.460. The molecule has 0 amide bonds. The van der Waals surface area contributed by atoms with Crippen molar-refractivity contribution in [2.75, 3.05) is 5.01 Å². The maximum Gasteiger partial charge on any atom is 0.253 e. The van der Waals surface area contributed by atoms with Gasteiger partial charge < -0.3 is 0 Å². The van der Waals surface area contributed by atoms with Crippen LogP contribution >= 0.6 is 0 Å². The predicted molar refractivity (Wildman–Crippen MR) is 34.3 cm³/mol. The molecule has 1 heterocycles. The SMILES string of the molecule is N#CN(N)c1ncccn1. The molecule has 5 heteroatoms. The minimum absolute atomic E-state index is 0.199. The van der Waals surface area contributed by atoms with E-state index in [-0.39, 0.29) is 5.95 Å². The van der Waals surface area contributed by atoms with Crippen LogP contribution in [0, 0.1) is 11.5 Å². The van der Waals surface area contributed by atoms with Crippen molar-refractivity contribution in [3.05, 3.63) is 18.5 Å². The summed E-state index contributed by atoms with van der Waals surface area (Å²) in [5.74, 6) is 5.34. The van der Waals surface area contributed by atoms with Crippen LogP contribution in [0.4, 0.5) is 5.95 Å². The largest absolute Gasteiger partial charge is 0.253 e. The first-order chi connectivity index (χ1) is 4.84. The van der Waals surface area contributed by atoms with Crippen molar-refractivity contribution < 1.29 is 0 Å². The van der Waals surface area contributed by atoms with Crippen LogP contribution in [-0.4, -0.2) is 9.97 Å². The summed E-state index contributed by atoms with van der Waals surface area (Å²) in [7, 11) is 0. The third kappa shape index (κ3) is 1.18. The number of rotatable bonds is 1. The van der Waals surface area contributed by atoms with Crippen molar-refractivity contribution in [3.63, 3.8) is 0 Å². The van der Waals surface area contributed by atoms with E-state index in [9.17, 15) is 0 Å². The van der Waals surface area contributed by atoms with Crippen LogP contribution in [0.2, 0.25) is 0 Å². The minimum atomic E-state index is 0.199. The van der Waals surface area contributed by atoms with Gasteiger partial charge in [-0.1, -0.05) is 0 Å². The molecule has 0 saturated carbocycles. The monoisotopic (exact) mass is 135 g/mol. The number of nitriles is 1. The van der Waals surface area contributed by atoms with Gasteiger partial charge in [0.25, 0.3) is 5.95 Å². The fourth-order valence-corrected chi connectivity index (χ4v) is 0.460. The van der Waals surface area contributed by atoms with Crippen LogP contribution < -0.4 is 10.9 Å². The number of nitrogens with zero attached hydrogens (tertiary/aromatic N) is 4. The molecule has 0 spiro atoms. The Morgan fingerprint density at radius 3 is 2.60 bits per heavy atom. The molecule has 1 rings (SSSR count). The summed E-state index contributed by atoms with van der Waals surface area (Å²) >= 11 is 0. The molecule has 0 aromatic carbocycles. The molecule has 50 valence electrons. The molecule has 2 N–H and O–H groups in total. The normalized spacial score (nSPS) is 8.40. The lowest BCUT2D eigenvalue weighted by atomic mass is 10.7. The Morgan fingerprint density at radius 1 is 1.50 bits per heavy atom. The standard InChI is InChI=1S/C5H5N5/c6-4-10(7)5-8-2-1-3-9-5/h1-3H,7H2. The number of nitrogens with two attached hydrogens (primary N) is 1. The van der Waals surface area contributed by atoms with E-state index in [2.05, 4.69) is 9.97 Å². The minimum Gasteiger partial charge on any atom is -0.231 e. The number of hydrogen-bond acceptors (Lipinski definition) is 5. The van der Waals surface area contributed by atoms with E-state index in [1.54, 1.807) is 12.3 Å². The smallest absolute Gasteiger partial charge is 0.231 e. The Kier molecular flexibility index (Phi) is 1.78. The maximum atomic E-state index is 8.26. The summed E-state index contributed by atoms with van der Waals surface area (Å²) in [6, 6.07) is 1.65. The van der Waals surface area contributed by atoms with E-state index < -0.39 is 0 Å². The van der Waals surface area contributed by atoms with Crippen molar-refractivity contribution in [1.29, 1.82) is 5.26 Å². The zero-order valence-corrected chi connectivity index (χ0v) is 5.10. The van der Waals surface area contributed by atoms with Crippen LogP contribution in [0.1, 0.15) is 0 Å². The number of aromatic nitrogens is 2. The van der Waals surface area contributed by atoms with Gasteiger partial charge in [-0.15, -0.1) is 0 Å². The summed E-state index contributed by atoms with van der Waals surface area (Å²) < 4.78 is 0. The molecule has 1 aromatic heterocycles. The van der Waals surface area contributed by atoms with Crippen LogP contribution in [-0.2, 0) is 0 Å². The van der Waals surface area contributed by atoms with Crippen molar-refractivity contribution >= 4 is 5.95 Å². The van der Waals surface area contributed by atoms with Gasteiger partial charge in [0.2, 0.25) is 6.19 Å². The Hall–Kier alpha value is -1.67. The van der Waals surface area contributed by atoms with Crippen molar-refractivity contribution in [1.82, 2.24) is 9.97 Å². The number of hydrogen-bond donors (Lipinski definition) is 1. The molecule has 10 heavy (non-hydrogen) atoms. The van der Waals surface area contributed by atoms with Crippen molar-refractivity contribution in [2.24, 2.45) is 5.84 Å². The van der Waals surface area contributed by atoms with Crippen LogP contribution in [0.5, 0.6) is 0 Å². The van der Waals surface area contributed by atoms with Gasteiger partial charge >= 0.3 is 0 Å². The second-order valence-electron chi connectivity index (χ2n) is 1.52. The molecular weight excluding hydrogens is 130 g/mol. The Labute approximate surface area is 57.7 Å². The molecule has 1 aromatic rings. The van der Waals surface area contributed by atoms with Gasteiger partial charge in [-0.05, 0) is 6.07 Å². The third-order valence-corrected chi connectivity index (χ3v) is 0.875. The van der Waals surface area contributed by atoms with Gasteiger partial charge in [-0.2, -0.15) is 10.3 Å². The van der Waals surface area contributed by atoms with Crippen molar-refractivity contribution in [2.45, 2.75) is 0 Å². The molecule has 0 aliphatic carbocycles. The lowest BCUT2D eigenvalue weighted by Crippen LogP contribution is -2.26. The lowest BCUT2D eigenvalue weighted by molar-refractivity contribution is 0.980. The number of anilines is 1. The fraction of sp³-hybridized carbons (Fsp3) is 0. The lowest BCUT2D eigenvalue weighted by Gasteiger charge is -2.02. The van der Waals surface area contributed by atoms with Crippen molar-refractivity contribution in [3.8, 4) is 6.19 Å². The first kappa shape index (κ1) is 6.45. The van der Waals surface area contributed by atoms with Crippen LogP contribution in [0.15, 0.2) is 18.5 Å². The van der Waals surface area contributed by atoms with Gasteiger partial charge in [0, 0.05) is 12.4 Å². The van der Waals surface area contributed by atoms with E-state index in [1.807, 2.05) is 0 Å². The van der Waals surface area contributed by atoms with E-state index in [1.165, 1.54) is 12.4 Å². The molecule has 0 unspecified atom stereocenters. The quantitative estimate of drug-likeness (QED) is 0.246. The summed E-state index contributed by atoms with van der Waals surface area (Å²) in [6.45, 7) is 0. The average Bonchev–Trinajstić information content (AvgIpc) is 2.05. The van der Waals surface area contributed by atoms with E-state index >= 15 is 0 Å². The maximum absolute atomic E-state index is 8.26. The average molecular weight is 135 g/mol. The van der Waals surface area contributed by atoms with Crippen LogP contribution in [0.3, 0.4) is 0 Å². The highest BCUT2D eigenvalue weighted by atomic mass is 15.4. The Morgan fingerprint density at radius 2 is 2.10 bits per heavy atom. The molecule has 0 fully saturated rings. The molecular formula is C5H5N5. The second-order valence-corrected chi connectivity index (χ2v) is 1.52. The number of hydrazine groups is 1. The molecule has 0 bridgehead atoms. The van der Waals surface area contributed by atoms with Gasteiger partial charge in [0.05, 0.1) is 0 Å². The first-order valence-corrected chi connectivity index (χ1v) is 2.56. The summed E-state index contributed by atoms with van der Waals surface area (Å²) in [5, 5.41) is 9.05. The second kappa shape index (κ2) is 2.75. The highest BCUT2D eigenvalue weighted by Crippen LogP contribution is 1.95. The molecule has 0 aliphatic heterocycles. The highest BCUT2D eigenvalue weighted by Gasteiger charge is 1.98. The van der Waals surface area contributed by atoms with E-state index in [0.29, 0.717) is 0 Å². The summed E-state index contributed by atoms with van der Waals surface area (Å²) in [4.78, 5) is 7.43. The molecule has 0 radical (unpaired) electrons. The van der Waals surface area contributed by atoms with Gasteiger partial charge in [0.15, 0.2) is 0 Å². The first-order valence-electron chi connectivity index (χ1n) is 2.56. The predicted octanol–water partition coefficient (Wildman–Crippen LogP) is -0.362. The zero-order chi connectivity index (χ0) is 7.40. The summed E-state index contributed by atoms with van der Waals surface area (Å²) in [6.07, 6.45) is 4.69. The van der Waals surface area contributed by atoms with E-state index in [0.717, 1.165) is 5.01 Å². The third-order valence-electron chi connectivity index (χ3n) is 0.875. The van der Waals surface area contributed by atoms with Gasteiger partial charge in [-0.3, -0.25) is 0 Å². The molecule has 5 nitrogen and oxygen atoms in total. The van der Waals surface area contributed by atoms with Crippen LogP contribution in [0.25, 0.3) is 0 Å². The summed E-state index contributed by atoms with van der Waals surface area (Å²) in [5.41, 5.74) is 0. The zero-order valence-electron chi connectivity index (χ0n) is 5.10. The molecule has 0 atom stereocenters. The van der Waals surface area contributed by atoms with E-state index in [4.69, 9.17) is 11.1 Å².